The van der Waals surface area contributed by atoms with Gasteiger partial charge in [0.2, 0.25) is 15.9 Å². The van der Waals surface area contributed by atoms with Gasteiger partial charge in [0.25, 0.3) is 0 Å². The Morgan fingerprint density at radius 3 is 2.35 bits per heavy atom. The molecule has 0 radical (unpaired) electrons. The molecule has 7 heteroatoms. The minimum Gasteiger partial charge on any atom is -0.311 e. The van der Waals surface area contributed by atoms with Crippen LogP contribution in [0.15, 0.2) is 53.4 Å². The number of Topliss-reactive ketones (excluding diaryl/α,β-unsaturated/α-hetero) is 1. The normalized spacial score (nSPS) is 11.2. The van der Waals surface area contributed by atoms with Crippen LogP contribution in [-0.4, -0.2) is 33.2 Å². The van der Waals surface area contributed by atoms with Crippen LogP contribution in [0, 0.1) is 6.92 Å². The average Bonchev–Trinajstić information content (AvgIpc) is 2.58. The summed E-state index contributed by atoms with van der Waals surface area (Å²) in [6.07, 6.45) is 0. The zero-order valence-corrected chi connectivity index (χ0v) is 15.8. The summed E-state index contributed by atoms with van der Waals surface area (Å²) in [4.78, 5) is 25.2. The predicted molar refractivity (Wildman–Crippen MR) is 101 cm³/mol. The molecule has 0 spiro atoms. The highest BCUT2D eigenvalue weighted by molar-refractivity contribution is 7.89. The van der Waals surface area contributed by atoms with Crippen molar-refractivity contribution in [3.63, 3.8) is 0 Å². The molecule has 0 atom stereocenters. The standard InChI is InChI=1S/C19H22N2O4S/c1-14-7-4-5-10-19(14)26(24,25)20-11-12-21(16(3)23)18-9-6-8-17(13-18)15(2)22/h4-10,13,20H,11-12H2,1-3H3. The second-order valence-electron chi connectivity index (χ2n) is 5.94. The SMILES string of the molecule is CC(=O)c1cccc(N(CCNS(=O)(=O)c2ccccc2C)C(C)=O)c1. The number of benzene rings is 2. The first kappa shape index (κ1) is 19.8. The Hall–Kier alpha value is -2.51. The fraction of sp³-hybridized carbons (Fsp3) is 0.263. The third-order valence-corrected chi connectivity index (χ3v) is 5.58. The lowest BCUT2D eigenvalue weighted by atomic mass is 10.1. The van der Waals surface area contributed by atoms with Crippen LogP contribution in [0.4, 0.5) is 5.69 Å². The van der Waals surface area contributed by atoms with Crippen molar-refractivity contribution < 1.29 is 18.0 Å². The smallest absolute Gasteiger partial charge is 0.240 e. The van der Waals surface area contributed by atoms with E-state index in [1.54, 1.807) is 49.4 Å². The number of ketones is 1. The van der Waals surface area contributed by atoms with Gasteiger partial charge in [-0.15, -0.1) is 0 Å². The Morgan fingerprint density at radius 2 is 1.73 bits per heavy atom. The maximum atomic E-state index is 12.4. The van der Waals surface area contributed by atoms with Crippen molar-refractivity contribution in [3.8, 4) is 0 Å². The van der Waals surface area contributed by atoms with Crippen molar-refractivity contribution >= 4 is 27.4 Å². The Morgan fingerprint density at radius 1 is 1.04 bits per heavy atom. The highest BCUT2D eigenvalue weighted by atomic mass is 32.2. The molecule has 0 fully saturated rings. The van der Waals surface area contributed by atoms with Gasteiger partial charge < -0.3 is 4.90 Å². The van der Waals surface area contributed by atoms with Gasteiger partial charge in [-0.25, -0.2) is 13.1 Å². The van der Waals surface area contributed by atoms with Crippen molar-refractivity contribution in [3.05, 3.63) is 59.7 Å². The summed E-state index contributed by atoms with van der Waals surface area (Å²) >= 11 is 0. The molecular weight excluding hydrogens is 352 g/mol. The van der Waals surface area contributed by atoms with E-state index in [9.17, 15) is 18.0 Å². The number of anilines is 1. The molecule has 2 rings (SSSR count). The summed E-state index contributed by atoms with van der Waals surface area (Å²) in [5, 5.41) is 0. The van der Waals surface area contributed by atoms with Gasteiger partial charge in [-0.2, -0.15) is 0 Å². The highest BCUT2D eigenvalue weighted by Crippen LogP contribution is 2.17. The number of hydrogen-bond donors (Lipinski definition) is 1. The first-order valence-corrected chi connectivity index (χ1v) is 9.65. The lowest BCUT2D eigenvalue weighted by Gasteiger charge is -2.22. The second-order valence-corrected chi connectivity index (χ2v) is 7.68. The lowest BCUT2D eigenvalue weighted by Crippen LogP contribution is -2.37. The molecule has 0 saturated heterocycles. The molecule has 1 amide bonds. The number of carbonyl (C=O) groups is 2. The first-order valence-electron chi connectivity index (χ1n) is 8.17. The second kappa shape index (κ2) is 8.25. The van der Waals surface area contributed by atoms with Gasteiger partial charge in [0, 0.05) is 31.3 Å². The molecule has 0 heterocycles. The summed E-state index contributed by atoms with van der Waals surface area (Å²) in [5.74, 6) is -0.337. The number of rotatable bonds is 7. The topological polar surface area (TPSA) is 83.6 Å². The number of sulfonamides is 1. The summed E-state index contributed by atoms with van der Waals surface area (Å²) in [6, 6.07) is 13.4. The van der Waals surface area contributed by atoms with Gasteiger partial charge in [0.1, 0.15) is 0 Å². The van der Waals surface area contributed by atoms with E-state index in [-0.39, 0.29) is 29.7 Å². The van der Waals surface area contributed by atoms with E-state index in [0.717, 1.165) is 0 Å². The van der Waals surface area contributed by atoms with Crippen molar-refractivity contribution in [2.45, 2.75) is 25.7 Å². The molecule has 0 bridgehead atoms. The molecule has 0 aliphatic heterocycles. The van der Waals surface area contributed by atoms with Crippen LogP contribution in [0.1, 0.15) is 29.8 Å². The Labute approximate surface area is 153 Å². The van der Waals surface area contributed by atoms with Gasteiger partial charge in [-0.05, 0) is 37.6 Å². The molecule has 0 aromatic heterocycles. The molecule has 0 unspecified atom stereocenters. The highest BCUT2D eigenvalue weighted by Gasteiger charge is 2.18. The van der Waals surface area contributed by atoms with Gasteiger partial charge in [0.05, 0.1) is 4.90 Å². The quantitative estimate of drug-likeness (QED) is 0.755. The summed E-state index contributed by atoms with van der Waals surface area (Å²) < 4.78 is 27.4. The Kier molecular flexibility index (Phi) is 6.28. The first-order chi connectivity index (χ1) is 12.2. The van der Waals surface area contributed by atoms with E-state index in [2.05, 4.69) is 4.72 Å². The fourth-order valence-corrected chi connectivity index (χ4v) is 3.85. The van der Waals surface area contributed by atoms with E-state index >= 15 is 0 Å². The predicted octanol–water partition coefficient (Wildman–Crippen LogP) is 2.53. The van der Waals surface area contributed by atoms with Crippen LogP contribution < -0.4 is 9.62 Å². The Bertz CT molecular complexity index is 923. The number of hydrogen-bond acceptors (Lipinski definition) is 4. The van der Waals surface area contributed by atoms with Crippen LogP contribution in [0.25, 0.3) is 0 Å². The molecule has 0 saturated carbocycles. The molecule has 6 nitrogen and oxygen atoms in total. The van der Waals surface area contributed by atoms with Crippen LogP contribution in [0.2, 0.25) is 0 Å². The molecular formula is C19H22N2O4S. The number of nitrogens with one attached hydrogen (secondary N) is 1. The fourth-order valence-electron chi connectivity index (χ4n) is 2.59. The molecule has 0 aliphatic carbocycles. The van der Waals surface area contributed by atoms with Crippen LogP contribution in [0.5, 0.6) is 0 Å². The molecule has 2 aromatic carbocycles. The number of nitrogens with zero attached hydrogens (tertiary/aromatic N) is 1. The molecule has 1 N–H and O–H groups in total. The number of amides is 1. The lowest BCUT2D eigenvalue weighted by molar-refractivity contribution is -0.116. The van der Waals surface area contributed by atoms with Crippen molar-refractivity contribution in [2.24, 2.45) is 0 Å². The van der Waals surface area contributed by atoms with E-state index in [4.69, 9.17) is 0 Å². The zero-order valence-electron chi connectivity index (χ0n) is 15.0. The van der Waals surface area contributed by atoms with Crippen molar-refractivity contribution in [1.82, 2.24) is 4.72 Å². The summed E-state index contributed by atoms with van der Waals surface area (Å²) in [7, 11) is -3.66. The minimum absolute atomic E-state index is 0.0561. The molecule has 2 aromatic rings. The monoisotopic (exact) mass is 374 g/mol. The van der Waals surface area contributed by atoms with Gasteiger partial charge in [0.15, 0.2) is 5.78 Å². The maximum absolute atomic E-state index is 12.4. The van der Waals surface area contributed by atoms with Crippen molar-refractivity contribution in [2.75, 3.05) is 18.0 Å². The molecule has 138 valence electrons. The largest absolute Gasteiger partial charge is 0.311 e. The van der Waals surface area contributed by atoms with Gasteiger partial charge in [-0.3, -0.25) is 9.59 Å². The summed E-state index contributed by atoms with van der Waals surface area (Å²) in [5.41, 5.74) is 1.70. The van der Waals surface area contributed by atoms with Crippen LogP contribution >= 0.6 is 0 Å². The summed E-state index contributed by atoms with van der Waals surface area (Å²) in [6.45, 7) is 4.79. The van der Waals surface area contributed by atoms with Crippen LogP contribution in [-0.2, 0) is 14.8 Å². The third kappa shape index (κ3) is 4.77. The molecule has 0 aliphatic rings. The number of aryl methyl sites for hydroxylation is 1. The van der Waals surface area contributed by atoms with E-state index < -0.39 is 10.0 Å². The van der Waals surface area contributed by atoms with Crippen molar-refractivity contribution in [1.29, 1.82) is 0 Å². The average molecular weight is 374 g/mol. The van der Waals surface area contributed by atoms with Gasteiger partial charge in [-0.1, -0.05) is 30.3 Å². The third-order valence-electron chi connectivity index (χ3n) is 3.96. The minimum atomic E-state index is -3.66. The molecule has 26 heavy (non-hydrogen) atoms. The van der Waals surface area contributed by atoms with Crippen LogP contribution in [0.3, 0.4) is 0 Å². The zero-order chi connectivity index (χ0) is 19.3. The van der Waals surface area contributed by atoms with E-state index in [0.29, 0.717) is 16.8 Å². The van der Waals surface area contributed by atoms with Gasteiger partial charge >= 0.3 is 0 Å². The van der Waals surface area contributed by atoms with E-state index in [1.807, 2.05) is 0 Å². The Balaban J connectivity index is 2.13. The number of carbonyl (C=O) groups excluding carboxylic acids is 2. The maximum Gasteiger partial charge on any atom is 0.240 e. The van der Waals surface area contributed by atoms with E-state index in [1.165, 1.54) is 24.8 Å².